The van der Waals surface area contributed by atoms with E-state index in [-0.39, 0.29) is 18.6 Å². The third-order valence-corrected chi connectivity index (χ3v) is 4.28. The first-order valence-corrected chi connectivity index (χ1v) is 8.59. The molecule has 0 atom stereocenters. The molecule has 0 fully saturated rings. The highest BCUT2D eigenvalue weighted by molar-refractivity contribution is 5.94. The molecule has 1 heterocycles. The van der Waals surface area contributed by atoms with Gasteiger partial charge in [-0.25, -0.2) is 9.37 Å². The van der Waals surface area contributed by atoms with Crippen molar-refractivity contribution >= 4 is 28.4 Å². The summed E-state index contributed by atoms with van der Waals surface area (Å²) in [5.74, 6) is -1.37. The van der Waals surface area contributed by atoms with Crippen LogP contribution in [0.1, 0.15) is 5.56 Å². The van der Waals surface area contributed by atoms with Gasteiger partial charge in [-0.1, -0.05) is 18.2 Å². The lowest BCUT2D eigenvalue weighted by Crippen LogP contribution is -2.38. The molecule has 0 spiro atoms. The number of aryl methyl sites for hydroxylation is 1. The molecule has 1 aromatic heterocycles. The van der Waals surface area contributed by atoms with Gasteiger partial charge in [0, 0.05) is 12.7 Å². The van der Waals surface area contributed by atoms with Crippen LogP contribution in [0.3, 0.4) is 0 Å². The fourth-order valence-corrected chi connectivity index (χ4v) is 2.79. The smallest absolute Gasteiger partial charge is 0.261 e. The monoisotopic (exact) mass is 382 g/mol. The predicted molar refractivity (Wildman–Crippen MR) is 103 cm³/mol. The third-order valence-electron chi connectivity index (χ3n) is 4.28. The van der Waals surface area contributed by atoms with Crippen molar-refractivity contribution in [2.75, 3.05) is 18.9 Å². The maximum atomic E-state index is 13.2. The highest BCUT2D eigenvalue weighted by Crippen LogP contribution is 2.11. The summed E-state index contributed by atoms with van der Waals surface area (Å²) >= 11 is 0. The van der Waals surface area contributed by atoms with Crippen molar-refractivity contribution in [1.29, 1.82) is 0 Å². The Bertz CT molecular complexity index is 1110. The van der Waals surface area contributed by atoms with Crippen molar-refractivity contribution in [3.8, 4) is 0 Å². The molecule has 0 aliphatic rings. The quantitative estimate of drug-likeness (QED) is 0.731. The Morgan fingerprint density at radius 1 is 1.21 bits per heavy atom. The molecule has 7 nitrogen and oxygen atoms in total. The Morgan fingerprint density at radius 3 is 2.71 bits per heavy atom. The number of nitrogens with zero attached hydrogens (tertiary/aromatic N) is 3. The van der Waals surface area contributed by atoms with Crippen LogP contribution in [0.25, 0.3) is 10.9 Å². The fourth-order valence-electron chi connectivity index (χ4n) is 2.79. The molecule has 2 amide bonds. The molecule has 3 rings (SSSR count). The van der Waals surface area contributed by atoms with Gasteiger partial charge in [-0.05, 0) is 36.8 Å². The minimum atomic E-state index is -0.472. The summed E-state index contributed by atoms with van der Waals surface area (Å²) in [6, 6.07) is 10.7. The van der Waals surface area contributed by atoms with Gasteiger partial charge in [0.2, 0.25) is 11.8 Å². The second-order valence-corrected chi connectivity index (χ2v) is 6.46. The Balaban J connectivity index is 1.67. The molecule has 1 N–H and O–H groups in total. The largest absolute Gasteiger partial charge is 0.335 e. The number of benzene rings is 2. The number of nitrogens with one attached hydrogen (secondary N) is 1. The van der Waals surface area contributed by atoms with Crippen LogP contribution in [-0.2, 0) is 16.1 Å². The molecule has 0 saturated carbocycles. The van der Waals surface area contributed by atoms with Gasteiger partial charge in [0.25, 0.3) is 5.56 Å². The topological polar surface area (TPSA) is 84.3 Å². The van der Waals surface area contributed by atoms with Crippen molar-refractivity contribution in [3.05, 3.63) is 70.5 Å². The average Bonchev–Trinajstić information content (AvgIpc) is 2.64. The SMILES string of the molecule is Cc1cccc2c(=O)n(CC(=O)N(C)CC(=O)Nc3cccc(F)c3)cnc12. The van der Waals surface area contributed by atoms with Crippen LogP contribution in [0.5, 0.6) is 0 Å². The molecule has 3 aromatic rings. The van der Waals surface area contributed by atoms with E-state index in [9.17, 15) is 18.8 Å². The van der Waals surface area contributed by atoms with E-state index in [1.807, 2.05) is 13.0 Å². The second-order valence-electron chi connectivity index (χ2n) is 6.46. The van der Waals surface area contributed by atoms with Gasteiger partial charge in [0.1, 0.15) is 12.4 Å². The van der Waals surface area contributed by atoms with Crippen molar-refractivity contribution in [2.24, 2.45) is 0 Å². The van der Waals surface area contributed by atoms with Gasteiger partial charge >= 0.3 is 0 Å². The molecule has 0 unspecified atom stereocenters. The number of fused-ring (bicyclic) bond motifs is 1. The van der Waals surface area contributed by atoms with Crippen LogP contribution in [0.4, 0.5) is 10.1 Å². The number of carbonyl (C=O) groups is 2. The average molecular weight is 382 g/mol. The number of para-hydroxylation sites is 1. The highest BCUT2D eigenvalue weighted by Gasteiger charge is 2.15. The van der Waals surface area contributed by atoms with Crippen LogP contribution in [0.2, 0.25) is 0 Å². The van der Waals surface area contributed by atoms with E-state index in [0.717, 1.165) is 5.56 Å². The molecule has 144 valence electrons. The number of hydrogen-bond acceptors (Lipinski definition) is 4. The first-order chi connectivity index (χ1) is 13.3. The van der Waals surface area contributed by atoms with Crippen molar-refractivity contribution in [2.45, 2.75) is 13.5 Å². The van der Waals surface area contributed by atoms with Crippen LogP contribution < -0.4 is 10.9 Å². The molecule has 0 bridgehead atoms. The molecule has 0 saturated heterocycles. The molecule has 0 aliphatic carbocycles. The Labute approximate surface area is 160 Å². The van der Waals surface area contributed by atoms with Gasteiger partial charge in [0.05, 0.1) is 23.8 Å². The number of likely N-dealkylation sites (N-methyl/N-ethyl adjacent to an activating group) is 1. The van der Waals surface area contributed by atoms with E-state index in [0.29, 0.717) is 16.6 Å². The molecule has 0 aliphatic heterocycles. The number of carbonyl (C=O) groups excluding carboxylic acids is 2. The predicted octanol–water partition coefficient (Wildman–Crippen LogP) is 1.94. The third kappa shape index (κ3) is 4.22. The summed E-state index contributed by atoms with van der Waals surface area (Å²) in [6.45, 7) is 1.39. The standard InChI is InChI=1S/C20H19FN4O3/c1-13-5-3-8-16-19(13)22-12-25(20(16)28)11-18(27)24(2)10-17(26)23-15-7-4-6-14(21)9-15/h3-9,12H,10-11H2,1-2H3,(H,23,26). The lowest BCUT2D eigenvalue weighted by atomic mass is 10.1. The molecular weight excluding hydrogens is 363 g/mol. The van der Waals surface area contributed by atoms with E-state index in [1.165, 1.54) is 41.0 Å². The summed E-state index contributed by atoms with van der Waals surface area (Å²) in [7, 11) is 1.46. The molecule has 28 heavy (non-hydrogen) atoms. The van der Waals surface area contributed by atoms with E-state index in [4.69, 9.17) is 0 Å². The fraction of sp³-hybridized carbons (Fsp3) is 0.200. The van der Waals surface area contributed by atoms with E-state index >= 15 is 0 Å². The van der Waals surface area contributed by atoms with Gasteiger partial charge in [0.15, 0.2) is 0 Å². The number of amides is 2. The van der Waals surface area contributed by atoms with Crippen LogP contribution in [0, 0.1) is 12.7 Å². The highest BCUT2D eigenvalue weighted by atomic mass is 19.1. The Hall–Kier alpha value is -3.55. The summed E-state index contributed by atoms with van der Waals surface area (Å²) in [5.41, 5.74) is 1.45. The van der Waals surface area contributed by atoms with Crippen molar-refractivity contribution in [3.63, 3.8) is 0 Å². The molecule has 8 heteroatoms. The number of halogens is 1. The normalized spacial score (nSPS) is 10.7. The summed E-state index contributed by atoms with van der Waals surface area (Å²) < 4.78 is 14.4. The molecule has 2 aromatic carbocycles. The molecular formula is C20H19FN4O3. The summed E-state index contributed by atoms with van der Waals surface area (Å²) in [4.78, 5) is 42.5. The zero-order valence-corrected chi connectivity index (χ0v) is 15.5. The van der Waals surface area contributed by atoms with E-state index in [2.05, 4.69) is 10.3 Å². The van der Waals surface area contributed by atoms with E-state index < -0.39 is 17.6 Å². The summed E-state index contributed by atoms with van der Waals surface area (Å²) in [6.07, 6.45) is 1.33. The second kappa shape index (κ2) is 7.99. The zero-order valence-electron chi connectivity index (χ0n) is 15.5. The van der Waals surface area contributed by atoms with Gasteiger partial charge in [-0.3, -0.25) is 19.0 Å². The minimum absolute atomic E-state index is 0.232. The van der Waals surface area contributed by atoms with Crippen LogP contribution in [0.15, 0.2) is 53.6 Å². The summed E-state index contributed by atoms with van der Waals surface area (Å²) in [5, 5.41) is 2.95. The zero-order chi connectivity index (χ0) is 20.3. The Morgan fingerprint density at radius 2 is 1.96 bits per heavy atom. The maximum absolute atomic E-state index is 13.2. The lowest BCUT2D eigenvalue weighted by Gasteiger charge is -2.17. The van der Waals surface area contributed by atoms with Crippen LogP contribution in [-0.4, -0.2) is 39.9 Å². The number of anilines is 1. The van der Waals surface area contributed by atoms with Gasteiger partial charge < -0.3 is 10.2 Å². The Kier molecular flexibility index (Phi) is 5.49. The van der Waals surface area contributed by atoms with Crippen molar-refractivity contribution in [1.82, 2.24) is 14.5 Å². The first kappa shape index (κ1) is 19.2. The van der Waals surface area contributed by atoms with Gasteiger partial charge in [-0.15, -0.1) is 0 Å². The first-order valence-electron chi connectivity index (χ1n) is 8.59. The minimum Gasteiger partial charge on any atom is -0.335 e. The molecule has 0 radical (unpaired) electrons. The number of hydrogen-bond donors (Lipinski definition) is 1. The van der Waals surface area contributed by atoms with E-state index in [1.54, 1.807) is 18.2 Å². The maximum Gasteiger partial charge on any atom is 0.261 e. The van der Waals surface area contributed by atoms with Crippen molar-refractivity contribution < 1.29 is 14.0 Å². The van der Waals surface area contributed by atoms with Gasteiger partial charge in [-0.2, -0.15) is 0 Å². The number of aromatic nitrogens is 2. The lowest BCUT2D eigenvalue weighted by molar-refractivity contribution is -0.133. The van der Waals surface area contributed by atoms with Crippen LogP contribution >= 0.6 is 0 Å². The number of rotatable bonds is 5.